The van der Waals surface area contributed by atoms with Crippen molar-refractivity contribution >= 4 is 5.97 Å². The zero-order chi connectivity index (χ0) is 9.68. The van der Waals surface area contributed by atoms with Gasteiger partial charge in [0.1, 0.15) is 6.04 Å². The topological polar surface area (TPSA) is 64.3 Å². The number of carbonyl (C=O) groups is 1. The molecule has 0 radical (unpaired) electrons. The molecular weight excluding hydrogens is 168 g/mol. The van der Waals surface area contributed by atoms with Gasteiger partial charge in [-0.2, -0.15) is 0 Å². The van der Waals surface area contributed by atoms with Gasteiger partial charge < -0.3 is 15.8 Å². The second-order valence-electron chi connectivity index (χ2n) is 3.50. The van der Waals surface area contributed by atoms with E-state index in [4.69, 9.17) is 5.73 Å². The molecule has 1 aliphatic rings. The van der Waals surface area contributed by atoms with Crippen molar-refractivity contribution in [3.63, 3.8) is 0 Å². The lowest BCUT2D eigenvalue weighted by molar-refractivity contribution is -0.142. The second-order valence-corrected chi connectivity index (χ2v) is 3.50. The summed E-state index contributed by atoms with van der Waals surface area (Å²) in [6.07, 6.45) is 3.83. The zero-order valence-corrected chi connectivity index (χ0v) is 8.08. The minimum absolute atomic E-state index is 0.265. The third-order valence-electron chi connectivity index (χ3n) is 2.36. The van der Waals surface area contributed by atoms with Crippen LogP contribution in [0.15, 0.2) is 0 Å². The number of ether oxygens (including phenoxy) is 1. The van der Waals surface area contributed by atoms with E-state index in [0.717, 1.165) is 18.9 Å². The molecule has 76 valence electrons. The average Bonchev–Trinajstić information content (AvgIpc) is 2.95. The van der Waals surface area contributed by atoms with Crippen LogP contribution in [0.4, 0.5) is 0 Å². The van der Waals surface area contributed by atoms with E-state index in [-0.39, 0.29) is 12.0 Å². The van der Waals surface area contributed by atoms with Crippen molar-refractivity contribution in [2.45, 2.75) is 25.3 Å². The average molecular weight is 186 g/mol. The van der Waals surface area contributed by atoms with Crippen LogP contribution in [0.25, 0.3) is 0 Å². The fraction of sp³-hybridized carbons (Fsp3) is 0.889. The molecule has 0 aromatic heterocycles. The summed E-state index contributed by atoms with van der Waals surface area (Å²) in [4.78, 5) is 11.1. The van der Waals surface area contributed by atoms with Crippen LogP contribution < -0.4 is 11.1 Å². The Morgan fingerprint density at radius 2 is 2.38 bits per heavy atom. The fourth-order valence-corrected chi connectivity index (χ4v) is 1.27. The molecule has 4 heteroatoms. The minimum Gasteiger partial charge on any atom is -0.468 e. The molecule has 1 atom stereocenters. The fourth-order valence-electron chi connectivity index (χ4n) is 1.27. The smallest absolute Gasteiger partial charge is 0.324 e. The first kappa shape index (κ1) is 10.5. The molecule has 0 aromatic rings. The number of esters is 1. The Morgan fingerprint density at radius 1 is 1.69 bits per heavy atom. The predicted molar refractivity (Wildman–Crippen MR) is 50.2 cm³/mol. The first-order valence-corrected chi connectivity index (χ1v) is 4.79. The third kappa shape index (κ3) is 3.74. The van der Waals surface area contributed by atoms with Gasteiger partial charge in [0, 0.05) is 6.54 Å². The molecular formula is C9H18N2O2. The molecule has 0 saturated heterocycles. The molecule has 13 heavy (non-hydrogen) atoms. The standard InChI is InChI=1S/C9H18N2O2/c1-13-9(12)8(6-10)11-5-4-7-2-3-7/h7-8,11H,2-6,10H2,1H3. The highest BCUT2D eigenvalue weighted by Gasteiger charge is 2.22. The van der Waals surface area contributed by atoms with Crippen LogP contribution in [-0.4, -0.2) is 32.2 Å². The van der Waals surface area contributed by atoms with Crippen molar-refractivity contribution in [3.8, 4) is 0 Å². The van der Waals surface area contributed by atoms with Crippen LogP contribution in [-0.2, 0) is 9.53 Å². The maximum atomic E-state index is 11.1. The van der Waals surface area contributed by atoms with Crippen molar-refractivity contribution in [1.29, 1.82) is 0 Å². The van der Waals surface area contributed by atoms with Crippen LogP contribution in [0.5, 0.6) is 0 Å². The van der Waals surface area contributed by atoms with Crippen LogP contribution in [0.2, 0.25) is 0 Å². The van der Waals surface area contributed by atoms with Crippen LogP contribution >= 0.6 is 0 Å². The van der Waals surface area contributed by atoms with Crippen LogP contribution in [0.3, 0.4) is 0 Å². The quantitative estimate of drug-likeness (QED) is 0.567. The van der Waals surface area contributed by atoms with Gasteiger partial charge in [0.2, 0.25) is 0 Å². The Hall–Kier alpha value is -0.610. The summed E-state index contributed by atoms with van der Waals surface area (Å²) < 4.78 is 4.59. The van der Waals surface area contributed by atoms with E-state index >= 15 is 0 Å². The molecule has 3 N–H and O–H groups in total. The SMILES string of the molecule is COC(=O)C(CN)NCCC1CC1. The van der Waals surface area contributed by atoms with Gasteiger partial charge in [0.25, 0.3) is 0 Å². The number of methoxy groups -OCH3 is 1. The van der Waals surface area contributed by atoms with E-state index < -0.39 is 0 Å². The van der Waals surface area contributed by atoms with E-state index in [1.54, 1.807) is 0 Å². The van der Waals surface area contributed by atoms with E-state index in [0.29, 0.717) is 6.54 Å². The molecule has 0 aromatic carbocycles. The summed E-state index contributed by atoms with van der Waals surface area (Å²) in [7, 11) is 1.38. The molecule has 1 aliphatic carbocycles. The number of hydrogen-bond acceptors (Lipinski definition) is 4. The highest BCUT2D eigenvalue weighted by Crippen LogP contribution is 2.31. The van der Waals surface area contributed by atoms with E-state index in [9.17, 15) is 4.79 Å². The zero-order valence-electron chi connectivity index (χ0n) is 8.08. The lowest BCUT2D eigenvalue weighted by Gasteiger charge is -2.13. The largest absolute Gasteiger partial charge is 0.468 e. The summed E-state index contributed by atoms with van der Waals surface area (Å²) in [6.45, 7) is 1.17. The number of nitrogens with two attached hydrogens (primary N) is 1. The molecule has 0 heterocycles. The lowest BCUT2D eigenvalue weighted by atomic mass is 10.2. The van der Waals surface area contributed by atoms with Crippen molar-refractivity contribution in [2.24, 2.45) is 11.7 Å². The van der Waals surface area contributed by atoms with Crippen molar-refractivity contribution in [2.75, 3.05) is 20.2 Å². The normalized spacial score (nSPS) is 18.3. The molecule has 0 amide bonds. The van der Waals surface area contributed by atoms with E-state index in [2.05, 4.69) is 10.1 Å². The van der Waals surface area contributed by atoms with Crippen molar-refractivity contribution < 1.29 is 9.53 Å². The molecule has 0 spiro atoms. The van der Waals surface area contributed by atoms with Gasteiger partial charge in [-0.15, -0.1) is 0 Å². The first-order valence-electron chi connectivity index (χ1n) is 4.79. The summed E-state index contributed by atoms with van der Waals surface area (Å²) in [5.74, 6) is 0.613. The van der Waals surface area contributed by atoms with Gasteiger partial charge in [-0.25, -0.2) is 0 Å². The number of carbonyl (C=O) groups excluding carboxylic acids is 1. The molecule has 1 unspecified atom stereocenters. The van der Waals surface area contributed by atoms with Gasteiger partial charge >= 0.3 is 5.97 Å². The molecule has 4 nitrogen and oxygen atoms in total. The lowest BCUT2D eigenvalue weighted by Crippen LogP contribution is -2.43. The maximum Gasteiger partial charge on any atom is 0.324 e. The summed E-state index contributed by atoms with van der Waals surface area (Å²) in [5.41, 5.74) is 5.42. The first-order chi connectivity index (χ1) is 6.27. The molecule has 1 saturated carbocycles. The predicted octanol–water partition coefficient (Wildman–Crippen LogP) is -0.124. The van der Waals surface area contributed by atoms with Crippen LogP contribution in [0, 0.1) is 5.92 Å². The van der Waals surface area contributed by atoms with Gasteiger partial charge in [0.15, 0.2) is 0 Å². The van der Waals surface area contributed by atoms with Gasteiger partial charge in [-0.3, -0.25) is 4.79 Å². The summed E-state index contributed by atoms with van der Waals surface area (Å²) in [5, 5.41) is 3.09. The Morgan fingerprint density at radius 3 is 2.85 bits per heavy atom. The van der Waals surface area contributed by atoms with E-state index in [1.165, 1.54) is 20.0 Å². The molecule has 1 rings (SSSR count). The molecule has 0 bridgehead atoms. The Labute approximate surface area is 78.8 Å². The van der Waals surface area contributed by atoms with Gasteiger partial charge in [-0.05, 0) is 18.9 Å². The second kappa shape index (κ2) is 5.19. The summed E-state index contributed by atoms with van der Waals surface area (Å²) in [6, 6.07) is -0.330. The highest BCUT2D eigenvalue weighted by molar-refractivity contribution is 5.75. The Balaban J connectivity index is 2.10. The molecule has 1 fully saturated rings. The Bertz CT molecular complexity index is 169. The maximum absolute atomic E-state index is 11.1. The Kier molecular flexibility index (Phi) is 4.18. The van der Waals surface area contributed by atoms with Crippen molar-refractivity contribution in [1.82, 2.24) is 5.32 Å². The van der Waals surface area contributed by atoms with Crippen LogP contribution in [0.1, 0.15) is 19.3 Å². The van der Waals surface area contributed by atoms with Gasteiger partial charge in [0.05, 0.1) is 7.11 Å². The minimum atomic E-state index is -0.330. The van der Waals surface area contributed by atoms with E-state index in [1.807, 2.05) is 0 Å². The number of rotatable bonds is 6. The highest BCUT2D eigenvalue weighted by atomic mass is 16.5. The van der Waals surface area contributed by atoms with Gasteiger partial charge in [-0.1, -0.05) is 12.8 Å². The monoisotopic (exact) mass is 186 g/mol. The number of hydrogen-bond donors (Lipinski definition) is 2. The van der Waals surface area contributed by atoms with Crippen molar-refractivity contribution in [3.05, 3.63) is 0 Å². The third-order valence-corrected chi connectivity index (χ3v) is 2.36. The summed E-state index contributed by atoms with van der Waals surface area (Å²) >= 11 is 0. The number of nitrogens with one attached hydrogen (secondary N) is 1. The molecule has 0 aliphatic heterocycles.